The Kier molecular flexibility index (Phi) is 3.01. The van der Waals surface area contributed by atoms with Crippen molar-refractivity contribution in [3.8, 4) is 0 Å². The fourth-order valence-electron chi connectivity index (χ4n) is 3.12. The second-order valence-electron chi connectivity index (χ2n) is 6.76. The normalized spacial score (nSPS) is 24.1. The number of hydrogen-bond donors (Lipinski definition) is 2. The van der Waals surface area contributed by atoms with Crippen LogP contribution in [0.2, 0.25) is 0 Å². The molecule has 1 saturated heterocycles. The van der Waals surface area contributed by atoms with Gasteiger partial charge in [0.2, 0.25) is 0 Å². The number of carbonyl (C=O) groups is 1. The van der Waals surface area contributed by atoms with E-state index >= 15 is 0 Å². The monoisotopic (exact) mass is 274 g/mol. The molecule has 1 heterocycles. The van der Waals surface area contributed by atoms with Crippen LogP contribution in [0.25, 0.3) is 0 Å². The highest BCUT2D eigenvalue weighted by Gasteiger charge is 2.43. The Labute approximate surface area is 119 Å². The summed E-state index contributed by atoms with van der Waals surface area (Å²) in [6.45, 7) is 6.70. The minimum absolute atomic E-state index is 0.222. The van der Waals surface area contributed by atoms with E-state index in [9.17, 15) is 4.79 Å². The van der Waals surface area contributed by atoms with Gasteiger partial charge in [-0.05, 0) is 69.8 Å². The molecule has 1 aromatic rings. The van der Waals surface area contributed by atoms with E-state index in [1.165, 1.54) is 17.5 Å². The Bertz CT molecular complexity index is 542. The van der Waals surface area contributed by atoms with E-state index in [1.54, 1.807) is 0 Å². The summed E-state index contributed by atoms with van der Waals surface area (Å²) in [6.07, 6.45) is 3.07. The van der Waals surface area contributed by atoms with Crippen molar-refractivity contribution in [3.05, 3.63) is 29.3 Å². The van der Waals surface area contributed by atoms with Gasteiger partial charge in [0.1, 0.15) is 5.60 Å². The van der Waals surface area contributed by atoms with Crippen LogP contribution in [-0.4, -0.2) is 18.2 Å². The molecule has 0 radical (unpaired) electrons. The summed E-state index contributed by atoms with van der Waals surface area (Å²) >= 11 is 0. The van der Waals surface area contributed by atoms with Crippen LogP contribution < -0.4 is 10.6 Å². The second kappa shape index (κ2) is 4.48. The van der Waals surface area contributed by atoms with Crippen molar-refractivity contribution >= 4 is 11.8 Å². The van der Waals surface area contributed by atoms with Crippen molar-refractivity contribution in [3.63, 3.8) is 0 Å². The number of benzene rings is 1. The smallest absolute Gasteiger partial charge is 0.412 e. The molecule has 1 atom stereocenters. The number of rotatable bonds is 1. The quantitative estimate of drug-likeness (QED) is 0.827. The minimum atomic E-state index is -0.472. The summed E-state index contributed by atoms with van der Waals surface area (Å²) in [7, 11) is 0. The standard InChI is InChI=1S/C16H22N2O2/c1-15(2,3)20-14(19)18-12-4-5-13-11(10-12)6-7-16(13)8-9-17-16/h4-5,10,17H,6-9H2,1-3H3,(H,18,19)/t16-/m1/s1. The number of hydrogen-bond acceptors (Lipinski definition) is 3. The van der Waals surface area contributed by atoms with E-state index in [4.69, 9.17) is 4.74 Å². The fourth-order valence-corrected chi connectivity index (χ4v) is 3.12. The van der Waals surface area contributed by atoms with E-state index < -0.39 is 11.7 Å². The molecule has 1 aliphatic heterocycles. The zero-order chi connectivity index (χ0) is 14.4. The van der Waals surface area contributed by atoms with Gasteiger partial charge in [0.15, 0.2) is 0 Å². The largest absolute Gasteiger partial charge is 0.444 e. The molecule has 0 bridgehead atoms. The molecule has 2 aliphatic rings. The molecule has 2 N–H and O–H groups in total. The number of aryl methyl sites for hydroxylation is 1. The summed E-state index contributed by atoms with van der Waals surface area (Å²) in [6, 6.07) is 6.19. The SMILES string of the molecule is CC(C)(C)OC(=O)Nc1ccc2c(c1)CC[C@@]21CCN1. The van der Waals surface area contributed by atoms with Crippen molar-refractivity contribution < 1.29 is 9.53 Å². The summed E-state index contributed by atoms with van der Waals surface area (Å²) in [5.41, 5.74) is 3.30. The van der Waals surface area contributed by atoms with Gasteiger partial charge in [-0.3, -0.25) is 5.32 Å². The van der Waals surface area contributed by atoms with Gasteiger partial charge in [-0.25, -0.2) is 4.79 Å². The molecule has 3 rings (SSSR count). The van der Waals surface area contributed by atoms with Crippen LogP contribution in [0, 0.1) is 0 Å². The molecule has 1 fully saturated rings. The molecule has 0 saturated carbocycles. The van der Waals surface area contributed by atoms with Gasteiger partial charge in [0.05, 0.1) is 0 Å². The van der Waals surface area contributed by atoms with Crippen molar-refractivity contribution in [1.29, 1.82) is 0 Å². The maximum absolute atomic E-state index is 11.8. The van der Waals surface area contributed by atoms with Crippen LogP contribution in [0.15, 0.2) is 18.2 Å². The lowest BCUT2D eigenvalue weighted by molar-refractivity contribution is 0.0636. The van der Waals surface area contributed by atoms with Crippen LogP contribution in [0.1, 0.15) is 44.7 Å². The third kappa shape index (κ3) is 2.40. The molecule has 4 heteroatoms. The number of amides is 1. The van der Waals surface area contributed by atoms with Gasteiger partial charge >= 0.3 is 6.09 Å². The molecule has 4 nitrogen and oxygen atoms in total. The highest BCUT2D eigenvalue weighted by Crippen LogP contribution is 2.44. The van der Waals surface area contributed by atoms with E-state index in [0.717, 1.165) is 25.1 Å². The van der Waals surface area contributed by atoms with Gasteiger partial charge in [-0.1, -0.05) is 6.07 Å². The molecular weight excluding hydrogens is 252 g/mol. The van der Waals surface area contributed by atoms with E-state index in [-0.39, 0.29) is 5.54 Å². The summed E-state index contributed by atoms with van der Waals surface area (Å²) in [4.78, 5) is 11.8. The van der Waals surface area contributed by atoms with Gasteiger partial charge in [0, 0.05) is 11.2 Å². The van der Waals surface area contributed by atoms with Gasteiger partial charge in [-0.2, -0.15) is 0 Å². The van der Waals surface area contributed by atoms with Gasteiger partial charge in [-0.15, -0.1) is 0 Å². The topological polar surface area (TPSA) is 50.4 Å². The molecular formula is C16H22N2O2. The van der Waals surface area contributed by atoms with Crippen molar-refractivity contribution in [2.45, 2.75) is 51.2 Å². The van der Waals surface area contributed by atoms with Gasteiger partial charge < -0.3 is 10.1 Å². The van der Waals surface area contributed by atoms with E-state index in [0.29, 0.717) is 0 Å². The van der Waals surface area contributed by atoms with Crippen molar-refractivity contribution in [2.75, 3.05) is 11.9 Å². The maximum Gasteiger partial charge on any atom is 0.412 e. The first-order valence-corrected chi connectivity index (χ1v) is 7.26. The highest BCUT2D eigenvalue weighted by atomic mass is 16.6. The number of nitrogens with one attached hydrogen (secondary N) is 2. The predicted molar refractivity (Wildman–Crippen MR) is 78.9 cm³/mol. The Hall–Kier alpha value is -1.55. The van der Waals surface area contributed by atoms with Crippen LogP contribution in [-0.2, 0) is 16.7 Å². The highest BCUT2D eigenvalue weighted by molar-refractivity contribution is 5.85. The lowest BCUT2D eigenvalue weighted by Crippen LogP contribution is -2.52. The average Bonchev–Trinajstić information content (AvgIpc) is 2.64. The lowest BCUT2D eigenvalue weighted by Gasteiger charge is -2.41. The summed E-state index contributed by atoms with van der Waals surface area (Å²) in [5, 5.41) is 6.37. The maximum atomic E-state index is 11.8. The predicted octanol–water partition coefficient (Wildman–Crippen LogP) is 3.17. The minimum Gasteiger partial charge on any atom is -0.444 e. The molecule has 1 amide bonds. The molecule has 1 aliphatic carbocycles. The first-order valence-electron chi connectivity index (χ1n) is 7.26. The van der Waals surface area contributed by atoms with Crippen LogP contribution in [0.3, 0.4) is 0 Å². The Morgan fingerprint density at radius 1 is 1.35 bits per heavy atom. The lowest BCUT2D eigenvalue weighted by atomic mass is 9.82. The van der Waals surface area contributed by atoms with Crippen LogP contribution in [0.4, 0.5) is 10.5 Å². The van der Waals surface area contributed by atoms with E-state index in [1.807, 2.05) is 26.8 Å². The third-order valence-corrected chi connectivity index (χ3v) is 4.10. The summed E-state index contributed by atoms with van der Waals surface area (Å²) in [5.74, 6) is 0. The number of fused-ring (bicyclic) bond motifs is 2. The average molecular weight is 274 g/mol. The Morgan fingerprint density at radius 2 is 2.10 bits per heavy atom. The van der Waals surface area contributed by atoms with Crippen LogP contribution >= 0.6 is 0 Å². The zero-order valence-corrected chi connectivity index (χ0v) is 12.4. The molecule has 20 heavy (non-hydrogen) atoms. The summed E-state index contributed by atoms with van der Waals surface area (Å²) < 4.78 is 5.27. The Morgan fingerprint density at radius 3 is 2.70 bits per heavy atom. The molecule has 1 aromatic carbocycles. The van der Waals surface area contributed by atoms with Crippen LogP contribution in [0.5, 0.6) is 0 Å². The number of anilines is 1. The molecule has 0 aromatic heterocycles. The van der Waals surface area contributed by atoms with Crippen molar-refractivity contribution in [1.82, 2.24) is 5.32 Å². The third-order valence-electron chi connectivity index (χ3n) is 4.10. The zero-order valence-electron chi connectivity index (χ0n) is 12.4. The molecule has 108 valence electrons. The molecule has 1 spiro atoms. The second-order valence-corrected chi connectivity index (χ2v) is 6.76. The first-order chi connectivity index (χ1) is 9.38. The number of ether oxygens (including phenoxy) is 1. The number of carbonyl (C=O) groups excluding carboxylic acids is 1. The molecule has 0 unspecified atom stereocenters. The Balaban J connectivity index is 1.72. The van der Waals surface area contributed by atoms with Gasteiger partial charge in [0.25, 0.3) is 0 Å². The fraction of sp³-hybridized carbons (Fsp3) is 0.562. The van der Waals surface area contributed by atoms with Crippen molar-refractivity contribution in [2.24, 2.45) is 0 Å². The first kappa shape index (κ1) is 13.4. The van der Waals surface area contributed by atoms with E-state index in [2.05, 4.69) is 22.8 Å².